The Morgan fingerprint density at radius 1 is 0.630 bits per heavy atom. The lowest BCUT2D eigenvalue weighted by Gasteiger charge is -2.06. The highest BCUT2D eigenvalue weighted by molar-refractivity contribution is 7.13. The van der Waals surface area contributed by atoms with E-state index in [1.54, 1.807) is 11.3 Å². The van der Waals surface area contributed by atoms with E-state index in [9.17, 15) is 9.59 Å². The molecule has 0 unspecified atom stereocenters. The first-order valence-corrected chi connectivity index (χ1v) is 16.5. The highest BCUT2D eigenvalue weighted by Crippen LogP contribution is 2.21. The second-order valence-electron chi connectivity index (χ2n) is 10.4. The third-order valence-electron chi connectivity index (χ3n) is 6.71. The van der Waals surface area contributed by atoms with E-state index in [-0.39, 0.29) is 11.9 Å². The molecule has 0 radical (unpaired) electrons. The summed E-state index contributed by atoms with van der Waals surface area (Å²) in [5.74, 6) is 14.0. The van der Waals surface area contributed by atoms with Crippen molar-refractivity contribution in [1.82, 2.24) is 0 Å². The summed E-state index contributed by atoms with van der Waals surface area (Å²) < 4.78 is 21.6. The van der Waals surface area contributed by atoms with Crippen LogP contribution in [0.4, 0.5) is 0 Å². The molecule has 46 heavy (non-hydrogen) atoms. The van der Waals surface area contributed by atoms with Crippen LogP contribution in [0.25, 0.3) is 0 Å². The zero-order chi connectivity index (χ0) is 32.8. The highest BCUT2D eigenvalue weighted by Gasteiger charge is 2.03. The standard InChI is InChI=1S/C39H42O6S/c1-4-38(40)44-28-12-8-6-10-26-42-34-20-14-32(15-21-34)18-24-36-30-31(3)37(46-36)25-19-33-16-22-35(23-17-33)43-27-11-7-9-13-29-45-39(41)5-2/h4-5,14-17,20-23,30H,1-2,6-13,26-29H2,3H3. The first-order valence-electron chi connectivity index (χ1n) is 15.7. The number of esters is 2. The molecule has 0 N–H and O–H groups in total. The van der Waals surface area contributed by atoms with E-state index >= 15 is 0 Å². The molecule has 1 heterocycles. The topological polar surface area (TPSA) is 71.1 Å². The van der Waals surface area contributed by atoms with Crippen molar-refractivity contribution in [3.05, 3.63) is 106 Å². The zero-order valence-electron chi connectivity index (χ0n) is 26.6. The van der Waals surface area contributed by atoms with Crippen LogP contribution in [0.5, 0.6) is 11.5 Å². The van der Waals surface area contributed by atoms with Crippen LogP contribution in [-0.2, 0) is 19.1 Å². The molecule has 2 aromatic carbocycles. The molecule has 3 rings (SSSR count). The fourth-order valence-corrected chi connectivity index (χ4v) is 5.04. The van der Waals surface area contributed by atoms with Crippen molar-refractivity contribution in [2.45, 2.75) is 58.3 Å². The predicted molar refractivity (Wildman–Crippen MR) is 184 cm³/mol. The molecule has 1 aromatic heterocycles. The molecule has 0 saturated heterocycles. The molecule has 0 spiro atoms. The first-order chi connectivity index (χ1) is 22.5. The Bertz CT molecular complexity index is 1530. The maximum absolute atomic E-state index is 11.0. The van der Waals surface area contributed by atoms with E-state index in [2.05, 4.69) is 49.8 Å². The van der Waals surface area contributed by atoms with Gasteiger partial charge < -0.3 is 18.9 Å². The van der Waals surface area contributed by atoms with Crippen molar-refractivity contribution in [3.8, 4) is 35.2 Å². The van der Waals surface area contributed by atoms with Crippen molar-refractivity contribution >= 4 is 23.3 Å². The van der Waals surface area contributed by atoms with Gasteiger partial charge in [-0.1, -0.05) is 36.8 Å². The van der Waals surface area contributed by atoms with Gasteiger partial charge in [-0.15, -0.1) is 11.3 Å². The molecule has 0 aliphatic rings. The SMILES string of the molecule is C=CC(=O)OCCCCCCOc1ccc(C#Cc2cc(C)c(C#Cc3ccc(OCCCCCCOC(=O)C=C)cc3)s2)cc1. The Kier molecular flexibility index (Phi) is 16.4. The van der Waals surface area contributed by atoms with Gasteiger partial charge in [-0.3, -0.25) is 0 Å². The van der Waals surface area contributed by atoms with E-state index in [1.165, 1.54) is 12.2 Å². The van der Waals surface area contributed by atoms with Gasteiger partial charge in [-0.25, -0.2) is 9.59 Å². The minimum Gasteiger partial charge on any atom is -0.494 e. The Balaban J connectivity index is 1.36. The molecule has 0 aliphatic carbocycles. The van der Waals surface area contributed by atoms with Gasteiger partial charge in [0.2, 0.25) is 0 Å². The van der Waals surface area contributed by atoms with Crippen LogP contribution in [0.1, 0.15) is 77.8 Å². The smallest absolute Gasteiger partial charge is 0.330 e. The minimum atomic E-state index is -0.370. The van der Waals surface area contributed by atoms with Crippen LogP contribution in [0.2, 0.25) is 0 Å². The number of unbranched alkanes of at least 4 members (excludes halogenated alkanes) is 6. The van der Waals surface area contributed by atoms with Crippen LogP contribution < -0.4 is 9.47 Å². The third-order valence-corrected chi connectivity index (χ3v) is 7.78. The number of hydrogen-bond donors (Lipinski definition) is 0. The molecule has 0 fully saturated rings. The number of carbonyl (C=O) groups excluding carboxylic acids is 2. The molecule has 0 aliphatic heterocycles. The minimum absolute atomic E-state index is 0.370. The fraction of sp³-hybridized carbons (Fsp3) is 0.333. The summed E-state index contributed by atoms with van der Waals surface area (Å²) in [6, 6.07) is 17.7. The molecule has 0 bridgehead atoms. The molecule has 7 heteroatoms. The van der Waals surface area contributed by atoms with Gasteiger partial charge in [-0.2, -0.15) is 0 Å². The number of benzene rings is 2. The number of ether oxygens (including phenoxy) is 4. The summed E-state index contributed by atoms with van der Waals surface area (Å²) in [7, 11) is 0. The lowest BCUT2D eigenvalue weighted by Crippen LogP contribution is -2.02. The van der Waals surface area contributed by atoms with Gasteiger partial charge in [0.15, 0.2) is 0 Å². The number of carbonyl (C=O) groups is 2. The average molecular weight is 639 g/mol. The molecule has 0 atom stereocenters. The van der Waals surface area contributed by atoms with Gasteiger partial charge in [0.05, 0.1) is 36.2 Å². The van der Waals surface area contributed by atoms with Crippen LogP contribution in [0.3, 0.4) is 0 Å². The Morgan fingerprint density at radius 2 is 1.07 bits per heavy atom. The largest absolute Gasteiger partial charge is 0.494 e. The van der Waals surface area contributed by atoms with Crippen molar-refractivity contribution in [2.24, 2.45) is 0 Å². The second-order valence-corrected chi connectivity index (χ2v) is 11.5. The second kappa shape index (κ2) is 21.1. The van der Waals surface area contributed by atoms with Crippen LogP contribution in [0.15, 0.2) is 79.9 Å². The lowest BCUT2D eigenvalue weighted by atomic mass is 10.2. The van der Waals surface area contributed by atoms with E-state index in [0.717, 1.165) is 89.3 Å². The summed E-state index contributed by atoms with van der Waals surface area (Å²) in [5, 5.41) is 0. The fourth-order valence-electron chi connectivity index (χ4n) is 4.16. The summed E-state index contributed by atoms with van der Waals surface area (Å²) in [6.07, 6.45) is 9.96. The van der Waals surface area contributed by atoms with Crippen molar-refractivity contribution in [1.29, 1.82) is 0 Å². The molecule has 6 nitrogen and oxygen atoms in total. The number of thiophene rings is 1. The van der Waals surface area contributed by atoms with E-state index in [4.69, 9.17) is 18.9 Å². The van der Waals surface area contributed by atoms with Crippen LogP contribution >= 0.6 is 11.3 Å². The monoisotopic (exact) mass is 638 g/mol. The molecule has 0 amide bonds. The van der Waals surface area contributed by atoms with Crippen molar-refractivity contribution in [3.63, 3.8) is 0 Å². The lowest BCUT2D eigenvalue weighted by molar-refractivity contribution is -0.138. The molecular weight excluding hydrogens is 596 g/mol. The summed E-state index contributed by atoms with van der Waals surface area (Å²) in [5.41, 5.74) is 2.96. The normalized spacial score (nSPS) is 10.0. The van der Waals surface area contributed by atoms with E-state index < -0.39 is 0 Å². The van der Waals surface area contributed by atoms with E-state index in [0.29, 0.717) is 26.4 Å². The quantitative estimate of drug-likeness (QED) is 0.0606. The van der Waals surface area contributed by atoms with Gasteiger partial charge in [0.1, 0.15) is 11.5 Å². The zero-order valence-corrected chi connectivity index (χ0v) is 27.4. The van der Waals surface area contributed by atoms with Crippen molar-refractivity contribution in [2.75, 3.05) is 26.4 Å². The molecule has 0 saturated carbocycles. The number of rotatable bonds is 18. The summed E-state index contributed by atoms with van der Waals surface area (Å²) in [4.78, 5) is 24.0. The average Bonchev–Trinajstić information content (AvgIpc) is 3.44. The first kappa shape index (κ1) is 35.8. The van der Waals surface area contributed by atoms with Gasteiger partial charge in [0.25, 0.3) is 0 Å². The number of hydrogen-bond acceptors (Lipinski definition) is 7. The van der Waals surface area contributed by atoms with Crippen LogP contribution in [-0.4, -0.2) is 38.4 Å². The Hall–Kier alpha value is -4.72. The van der Waals surface area contributed by atoms with Gasteiger partial charge in [-0.05, 0) is 118 Å². The number of aryl methyl sites for hydroxylation is 1. The van der Waals surface area contributed by atoms with Crippen molar-refractivity contribution < 1.29 is 28.5 Å². The third kappa shape index (κ3) is 14.4. The summed E-state index contributed by atoms with van der Waals surface area (Å²) >= 11 is 1.60. The highest BCUT2D eigenvalue weighted by atomic mass is 32.1. The Morgan fingerprint density at radius 3 is 1.52 bits per heavy atom. The Labute approximate surface area is 277 Å². The molecular formula is C39H42O6S. The maximum Gasteiger partial charge on any atom is 0.330 e. The predicted octanol–water partition coefficient (Wildman–Crippen LogP) is 8.19. The molecule has 240 valence electrons. The maximum atomic E-state index is 11.0. The van der Waals surface area contributed by atoms with Gasteiger partial charge in [0, 0.05) is 23.3 Å². The van der Waals surface area contributed by atoms with Crippen LogP contribution in [0, 0.1) is 30.6 Å². The molecule has 3 aromatic rings. The van der Waals surface area contributed by atoms with Gasteiger partial charge >= 0.3 is 11.9 Å². The summed E-state index contributed by atoms with van der Waals surface area (Å²) in [6.45, 7) is 11.0. The van der Waals surface area contributed by atoms with E-state index in [1.807, 2.05) is 48.5 Å².